The van der Waals surface area contributed by atoms with Crippen LogP contribution in [0.4, 0.5) is 0 Å². The zero-order chi connectivity index (χ0) is 13.6. The fraction of sp³-hybridized carbons (Fsp3) is 0.833. The normalized spacial score (nSPS) is 14.5. The lowest BCUT2D eigenvalue weighted by molar-refractivity contribution is -0.155. The third kappa shape index (κ3) is 4.34. The molecule has 0 aromatic rings. The van der Waals surface area contributed by atoms with E-state index in [1.807, 2.05) is 20.9 Å². The number of rotatable bonds is 7. The number of nitrogens with zero attached hydrogens (tertiary/aromatic N) is 1. The predicted octanol–water partition coefficient (Wildman–Crippen LogP) is 0.801. The first-order valence-electron chi connectivity index (χ1n) is 5.87. The van der Waals surface area contributed by atoms with Crippen molar-refractivity contribution in [1.82, 2.24) is 10.2 Å². The highest BCUT2D eigenvalue weighted by Gasteiger charge is 2.39. The summed E-state index contributed by atoms with van der Waals surface area (Å²) in [6.07, 6.45) is 0.0419. The van der Waals surface area contributed by atoms with Gasteiger partial charge in [-0.2, -0.15) is 0 Å². The average Bonchev–Trinajstić information content (AvgIpc) is 2.24. The van der Waals surface area contributed by atoms with Gasteiger partial charge < -0.3 is 15.3 Å². The van der Waals surface area contributed by atoms with Crippen molar-refractivity contribution < 1.29 is 14.7 Å². The summed E-state index contributed by atoms with van der Waals surface area (Å²) in [7, 11) is 3.51. The number of carbonyl (C=O) groups is 2. The molecule has 0 aliphatic rings. The van der Waals surface area contributed by atoms with Crippen molar-refractivity contribution in [3.8, 4) is 0 Å². The van der Waals surface area contributed by atoms with Gasteiger partial charge in [0.05, 0.1) is 5.41 Å². The third-order valence-corrected chi connectivity index (χ3v) is 3.40. The van der Waals surface area contributed by atoms with E-state index in [0.717, 1.165) is 0 Å². The molecule has 100 valence electrons. The third-order valence-electron chi connectivity index (χ3n) is 3.40. The van der Waals surface area contributed by atoms with Crippen molar-refractivity contribution in [2.24, 2.45) is 11.3 Å². The molecule has 0 fully saturated rings. The van der Waals surface area contributed by atoms with Gasteiger partial charge in [0.25, 0.3) is 0 Å². The van der Waals surface area contributed by atoms with Crippen LogP contribution in [0.3, 0.4) is 0 Å². The van der Waals surface area contributed by atoms with Crippen molar-refractivity contribution in [3.05, 3.63) is 0 Å². The lowest BCUT2D eigenvalue weighted by atomic mass is 9.76. The number of aliphatic carboxylic acids is 1. The highest BCUT2D eigenvalue weighted by Crippen LogP contribution is 2.31. The van der Waals surface area contributed by atoms with Crippen LogP contribution in [-0.2, 0) is 9.59 Å². The molecule has 1 atom stereocenters. The van der Waals surface area contributed by atoms with E-state index in [1.165, 1.54) is 0 Å². The lowest BCUT2D eigenvalue weighted by Crippen LogP contribution is -2.41. The first kappa shape index (κ1) is 15.9. The van der Waals surface area contributed by atoms with E-state index < -0.39 is 11.4 Å². The number of hydrogen-bond donors (Lipinski definition) is 2. The van der Waals surface area contributed by atoms with Crippen LogP contribution < -0.4 is 5.32 Å². The summed E-state index contributed by atoms with van der Waals surface area (Å²) in [5.41, 5.74) is -0.995. The number of nitrogens with one attached hydrogen (secondary N) is 1. The van der Waals surface area contributed by atoms with Crippen LogP contribution in [-0.4, -0.2) is 49.1 Å². The zero-order valence-corrected chi connectivity index (χ0v) is 11.4. The highest BCUT2D eigenvalue weighted by atomic mass is 16.4. The number of carboxylic acid groups (broad SMARTS) is 1. The monoisotopic (exact) mass is 244 g/mol. The molecule has 0 radical (unpaired) electrons. The lowest BCUT2D eigenvalue weighted by Gasteiger charge is -2.30. The second-order valence-electron chi connectivity index (χ2n) is 4.97. The van der Waals surface area contributed by atoms with E-state index >= 15 is 0 Å². The molecule has 5 heteroatoms. The van der Waals surface area contributed by atoms with E-state index in [0.29, 0.717) is 13.1 Å². The summed E-state index contributed by atoms with van der Waals surface area (Å²) in [6.45, 7) is 6.57. The van der Waals surface area contributed by atoms with E-state index in [2.05, 4.69) is 5.32 Å². The summed E-state index contributed by atoms with van der Waals surface area (Å²) in [4.78, 5) is 24.7. The maximum atomic E-state index is 11.9. The predicted molar refractivity (Wildman–Crippen MR) is 66.8 cm³/mol. The Bertz CT molecular complexity index is 279. The van der Waals surface area contributed by atoms with Gasteiger partial charge in [-0.25, -0.2) is 0 Å². The van der Waals surface area contributed by atoms with Crippen LogP contribution in [0.5, 0.6) is 0 Å². The summed E-state index contributed by atoms with van der Waals surface area (Å²) >= 11 is 0. The molecule has 0 rings (SSSR count). The summed E-state index contributed by atoms with van der Waals surface area (Å²) in [5.74, 6) is -1.12. The number of carbonyl (C=O) groups excluding carboxylic acids is 1. The quantitative estimate of drug-likeness (QED) is 0.695. The Labute approximate surface area is 103 Å². The van der Waals surface area contributed by atoms with Gasteiger partial charge in [-0.15, -0.1) is 0 Å². The minimum Gasteiger partial charge on any atom is -0.481 e. The summed E-state index contributed by atoms with van der Waals surface area (Å²) in [6, 6.07) is 0. The van der Waals surface area contributed by atoms with E-state index in [1.54, 1.807) is 18.9 Å². The van der Waals surface area contributed by atoms with Gasteiger partial charge in [0.1, 0.15) is 0 Å². The Kier molecular flexibility index (Phi) is 6.16. The van der Waals surface area contributed by atoms with Crippen molar-refractivity contribution in [1.29, 1.82) is 0 Å². The molecule has 0 bridgehead atoms. The van der Waals surface area contributed by atoms with Gasteiger partial charge in [0.2, 0.25) is 5.91 Å². The Morgan fingerprint density at radius 2 is 1.94 bits per heavy atom. The van der Waals surface area contributed by atoms with Gasteiger partial charge in [-0.05, 0) is 19.9 Å². The van der Waals surface area contributed by atoms with Crippen LogP contribution >= 0.6 is 0 Å². The number of hydrogen-bond acceptors (Lipinski definition) is 3. The van der Waals surface area contributed by atoms with Crippen LogP contribution in [0.1, 0.15) is 27.2 Å². The molecule has 0 aromatic carbocycles. The summed E-state index contributed by atoms with van der Waals surface area (Å²) in [5, 5.41) is 12.2. The highest BCUT2D eigenvalue weighted by molar-refractivity contribution is 5.84. The number of likely N-dealkylation sites (N-methyl/N-ethyl adjacent to an activating group) is 2. The van der Waals surface area contributed by atoms with Crippen LogP contribution in [0.2, 0.25) is 0 Å². The second-order valence-corrected chi connectivity index (χ2v) is 4.97. The first-order valence-corrected chi connectivity index (χ1v) is 5.87. The molecule has 0 aromatic heterocycles. The Morgan fingerprint density at radius 1 is 1.41 bits per heavy atom. The summed E-state index contributed by atoms with van der Waals surface area (Å²) < 4.78 is 0. The molecule has 0 spiro atoms. The van der Waals surface area contributed by atoms with Gasteiger partial charge in [-0.1, -0.05) is 13.8 Å². The van der Waals surface area contributed by atoms with Crippen molar-refractivity contribution >= 4 is 11.9 Å². The van der Waals surface area contributed by atoms with Gasteiger partial charge in [0.15, 0.2) is 0 Å². The van der Waals surface area contributed by atoms with E-state index in [4.69, 9.17) is 0 Å². The van der Waals surface area contributed by atoms with Crippen molar-refractivity contribution in [3.63, 3.8) is 0 Å². The molecular formula is C12H24N2O3. The molecular weight excluding hydrogens is 220 g/mol. The fourth-order valence-corrected chi connectivity index (χ4v) is 1.38. The minimum atomic E-state index is -0.995. The molecule has 17 heavy (non-hydrogen) atoms. The van der Waals surface area contributed by atoms with E-state index in [9.17, 15) is 14.7 Å². The maximum absolute atomic E-state index is 11.9. The van der Waals surface area contributed by atoms with Gasteiger partial charge in [-0.3, -0.25) is 9.59 Å². The van der Waals surface area contributed by atoms with Gasteiger partial charge in [0, 0.05) is 26.6 Å². The molecule has 0 aliphatic heterocycles. The van der Waals surface area contributed by atoms with Crippen molar-refractivity contribution in [2.45, 2.75) is 27.2 Å². The second kappa shape index (κ2) is 6.59. The molecule has 0 heterocycles. The van der Waals surface area contributed by atoms with Crippen LogP contribution in [0.25, 0.3) is 0 Å². The molecule has 0 saturated carbocycles. The molecule has 1 amide bonds. The fourth-order valence-electron chi connectivity index (χ4n) is 1.38. The molecule has 0 saturated heterocycles. The molecule has 1 unspecified atom stereocenters. The largest absolute Gasteiger partial charge is 0.481 e. The Balaban J connectivity index is 4.57. The van der Waals surface area contributed by atoms with Crippen LogP contribution in [0, 0.1) is 11.3 Å². The standard InChI is InChI=1S/C12H24N2O3/c1-9(2)12(3,11(16)17)8-10(15)14(5)7-6-13-4/h9,13H,6-8H2,1-5H3,(H,16,17). The topological polar surface area (TPSA) is 69.6 Å². The number of amides is 1. The average molecular weight is 244 g/mol. The Morgan fingerprint density at radius 3 is 2.29 bits per heavy atom. The first-order chi connectivity index (χ1) is 7.75. The zero-order valence-electron chi connectivity index (χ0n) is 11.4. The molecule has 0 aliphatic carbocycles. The van der Waals surface area contributed by atoms with E-state index in [-0.39, 0.29) is 18.2 Å². The SMILES string of the molecule is CNCCN(C)C(=O)CC(C)(C(=O)O)C(C)C. The number of carboxylic acids is 1. The van der Waals surface area contributed by atoms with Gasteiger partial charge >= 0.3 is 5.97 Å². The Hall–Kier alpha value is -1.10. The maximum Gasteiger partial charge on any atom is 0.310 e. The molecule has 2 N–H and O–H groups in total. The van der Waals surface area contributed by atoms with Crippen LogP contribution in [0.15, 0.2) is 0 Å². The van der Waals surface area contributed by atoms with Crippen molar-refractivity contribution in [2.75, 3.05) is 27.2 Å². The molecule has 5 nitrogen and oxygen atoms in total. The minimum absolute atomic E-state index is 0.0419. The smallest absolute Gasteiger partial charge is 0.310 e.